The summed E-state index contributed by atoms with van der Waals surface area (Å²) >= 11 is 3.52. The van der Waals surface area contributed by atoms with Gasteiger partial charge in [-0.25, -0.2) is 0 Å². The van der Waals surface area contributed by atoms with Gasteiger partial charge in [-0.05, 0) is 39.4 Å². The van der Waals surface area contributed by atoms with Gasteiger partial charge in [-0.15, -0.1) is 0 Å². The molecular weight excluding hydrogens is 302 g/mol. The van der Waals surface area contributed by atoms with Gasteiger partial charge >= 0.3 is 0 Å². The van der Waals surface area contributed by atoms with Gasteiger partial charge in [-0.2, -0.15) is 5.10 Å². The molecule has 0 unspecified atom stereocenters. The van der Waals surface area contributed by atoms with E-state index in [2.05, 4.69) is 66.9 Å². The van der Waals surface area contributed by atoms with Gasteiger partial charge in [0.2, 0.25) is 0 Å². The first kappa shape index (κ1) is 14.1. The number of halogens is 1. The molecule has 102 valence electrons. The molecule has 0 aliphatic heterocycles. The number of aromatic nitrogens is 2. The van der Waals surface area contributed by atoms with Crippen molar-refractivity contribution in [3.63, 3.8) is 0 Å². The van der Waals surface area contributed by atoms with Crippen LogP contribution in [0.5, 0.6) is 0 Å². The molecule has 2 rings (SSSR count). The second kappa shape index (κ2) is 4.67. The van der Waals surface area contributed by atoms with Crippen molar-refractivity contribution in [3.8, 4) is 11.3 Å². The van der Waals surface area contributed by atoms with E-state index in [-0.39, 0.29) is 5.41 Å². The van der Waals surface area contributed by atoms with E-state index in [4.69, 9.17) is 5.73 Å². The minimum atomic E-state index is 0.159. The molecule has 2 N–H and O–H groups in total. The maximum Gasteiger partial charge on any atom is 0.160 e. The van der Waals surface area contributed by atoms with Crippen LogP contribution in [0.4, 0.5) is 5.82 Å². The highest BCUT2D eigenvalue weighted by atomic mass is 79.9. The van der Waals surface area contributed by atoms with E-state index in [0.29, 0.717) is 5.82 Å². The summed E-state index contributed by atoms with van der Waals surface area (Å²) in [7, 11) is 1.91. The van der Waals surface area contributed by atoms with Gasteiger partial charge in [0.15, 0.2) is 5.82 Å². The summed E-state index contributed by atoms with van der Waals surface area (Å²) < 4.78 is 2.68. The summed E-state index contributed by atoms with van der Waals surface area (Å²) in [4.78, 5) is 0. The molecule has 3 nitrogen and oxygen atoms in total. The lowest BCUT2D eigenvalue weighted by Gasteiger charge is -2.20. The smallest absolute Gasteiger partial charge is 0.160 e. The van der Waals surface area contributed by atoms with Gasteiger partial charge in [0.25, 0.3) is 0 Å². The first-order valence-corrected chi connectivity index (χ1v) is 7.10. The monoisotopic (exact) mass is 321 g/mol. The van der Waals surface area contributed by atoms with Crippen LogP contribution >= 0.6 is 15.9 Å². The summed E-state index contributed by atoms with van der Waals surface area (Å²) in [6, 6.07) is 6.57. The topological polar surface area (TPSA) is 43.8 Å². The van der Waals surface area contributed by atoms with Gasteiger partial charge < -0.3 is 5.73 Å². The van der Waals surface area contributed by atoms with Crippen molar-refractivity contribution < 1.29 is 0 Å². The summed E-state index contributed by atoms with van der Waals surface area (Å²) in [5, 5.41) is 4.25. The first-order chi connectivity index (χ1) is 8.71. The van der Waals surface area contributed by atoms with Gasteiger partial charge in [0, 0.05) is 12.6 Å². The zero-order valence-corrected chi connectivity index (χ0v) is 13.7. The van der Waals surface area contributed by atoms with E-state index in [0.717, 1.165) is 15.7 Å². The van der Waals surface area contributed by atoms with Crippen LogP contribution < -0.4 is 5.73 Å². The van der Waals surface area contributed by atoms with Crippen molar-refractivity contribution in [1.82, 2.24) is 9.78 Å². The lowest BCUT2D eigenvalue weighted by Crippen LogP contribution is -2.11. The third-order valence-corrected chi connectivity index (χ3v) is 4.14. The molecule has 0 spiro atoms. The van der Waals surface area contributed by atoms with Crippen molar-refractivity contribution in [2.75, 3.05) is 5.73 Å². The Kier molecular flexibility index (Phi) is 3.47. The quantitative estimate of drug-likeness (QED) is 0.861. The maximum atomic E-state index is 5.85. The number of nitrogens with two attached hydrogens (primary N) is 1. The second-order valence-electron chi connectivity index (χ2n) is 5.95. The number of aryl methyl sites for hydroxylation is 2. The molecule has 1 aromatic heterocycles. The molecule has 0 aliphatic rings. The predicted octanol–water partition coefficient (Wildman–Crippen LogP) is 4.04. The van der Waals surface area contributed by atoms with E-state index in [1.807, 2.05) is 11.7 Å². The molecule has 0 saturated carbocycles. The second-order valence-corrected chi connectivity index (χ2v) is 6.74. The molecule has 0 radical (unpaired) electrons. The zero-order chi connectivity index (χ0) is 14.4. The first-order valence-electron chi connectivity index (χ1n) is 6.31. The van der Waals surface area contributed by atoms with E-state index in [1.165, 1.54) is 11.1 Å². The SMILES string of the molecule is Cc1cc(C(C)(C)C)ccc1-c1c(Br)c(N)nn1C. The maximum absolute atomic E-state index is 5.85. The number of hydrogen-bond donors (Lipinski definition) is 1. The molecule has 2 aromatic rings. The Bertz CT molecular complexity index is 621. The molecule has 0 fully saturated rings. The van der Waals surface area contributed by atoms with E-state index >= 15 is 0 Å². The van der Waals surface area contributed by atoms with Crippen molar-refractivity contribution in [2.24, 2.45) is 7.05 Å². The van der Waals surface area contributed by atoms with Gasteiger partial charge in [0.05, 0.1) is 10.2 Å². The van der Waals surface area contributed by atoms with Crippen molar-refractivity contribution in [1.29, 1.82) is 0 Å². The Labute approximate surface area is 122 Å². The fourth-order valence-electron chi connectivity index (χ4n) is 2.21. The Morgan fingerprint density at radius 1 is 1.26 bits per heavy atom. The highest BCUT2D eigenvalue weighted by molar-refractivity contribution is 9.10. The average molecular weight is 322 g/mol. The molecule has 0 atom stereocenters. The van der Waals surface area contributed by atoms with Gasteiger partial charge in [-0.3, -0.25) is 4.68 Å². The van der Waals surface area contributed by atoms with E-state index in [1.54, 1.807) is 0 Å². The predicted molar refractivity (Wildman–Crippen MR) is 84.2 cm³/mol. The fraction of sp³-hybridized carbons (Fsp3) is 0.400. The van der Waals surface area contributed by atoms with Crippen molar-refractivity contribution in [2.45, 2.75) is 33.1 Å². The van der Waals surface area contributed by atoms with Crippen LogP contribution in [0.15, 0.2) is 22.7 Å². The number of nitrogens with zero attached hydrogens (tertiary/aromatic N) is 2. The molecule has 19 heavy (non-hydrogen) atoms. The number of benzene rings is 1. The largest absolute Gasteiger partial charge is 0.381 e. The summed E-state index contributed by atoms with van der Waals surface area (Å²) in [6.45, 7) is 8.79. The molecular formula is C15H20BrN3. The van der Waals surface area contributed by atoms with Crippen LogP contribution in [0.1, 0.15) is 31.9 Å². The lowest BCUT2D eigenvalue weighted by molar-refractivity contribution is 0.590. The van der Waals surface area contributed by atoms with Crippen LogP contribution in [0.3, 0.4) is 0 Å². The molecule has 4 heteroatoms. The summed E-state index contributed by atoms with van der Waals surface area (Å²) in [6.07, 6.45) is 0. The Hall–Kier alpha value is -1.29. The Morgan fingerprint density at radius 3 is 2.32 bits per heavy atom. The minimum Gasteiger partial charge on any atom is -0.381 e. The molecule has 0 aliphatic carbocycles. The average Bonchev–Trinajstić information content (AvgIpc) is 2.53. The van der Waals surface area contributed by atoms with Gasteiger partial charge in [0.1, 0.15) is 0 Å². The standard InChI is InChI=1S/C15H20BrN3/c1-9-8-10(15(2,3)4)6-7-11(9)13-12(16)14(17)18-19(13)5/h6-8H,1-5H3,(H2,17,18). The van der Waals surface area contributed by atoms with Crippen molar-refractivity contribution >= 4 is 21.7 Å². The number of nitrogen functional groups attached to an aromatic ring is 1. The molecule has 0 bridgehead atoms. The van der Waals surface area contributed by atoms with E-state index in [9.17, 15) is 0 Å². The zero-order valence-electron chi connectivity index (χ0n) is 12.1. The van der Waals surface area contributed by atoms with Crippen LogP contribution in [0.25, 0.3) is 11.3 Å². The van der Waals surface area contributed by atoms with Crippen LogP contribution in [-0.4, -0.2) is 9.78 Å². The minimum absolute atomic E-state index is 0.159. The molecule has 1 aromatic carbocycles. The molecule has 0 amide bonds. The van der Waals surface area contributed by atoms with Gasteiger partial charge in [-0.1, -0.05) is 39.0 Å². The van der Waals surface area contributed by atoms with E-state index < -0.39 is 0 Å². The number of anilines is 1. The van der Waals surface area contributed by atoms with Crippen molar-refractivity contribution in [3.05, 3.63) is 33.8 Å². The van der Waals surface area contributed by atoms with Crippen LogP contribution in [0, 0.1) is 6.92 Å². The normalized spacial score (nSPS) is 11.9. The highest BCUT2D eigenvalue weighted by Crippen LogP contribution is 2.35. The molecule has 1 heterocycles. The molecule has 0 saturated heterocycles. The third-order valence-electron chi connectivity index (χ3n) is 3.36. The third kappa shape index (κ3) is 2.54. The number of rotatable bonds is 1. The highest BCUT2D eigenvalue weighted by Gasteiger charge is 2.18. The van der Waals surface area contributed by atoms with Crippen LogP contribution in [-0.2, 0) is 12.5 Å². The summed E-state index contributed by atoms with van der Waals surface area (Å²) in [5.74, 6) is 0.525. The Morgan fingerprint density at radius 2 is 1.89 bits per heavy atom. The summed E-state index contributed by atoms with van der Waals surface area (Å²) in [5.41, 5.74) is 10.8. The fourth-order valence-corrected chi connectivity index (χ4v) is 2.76. The Balaban J connectivity index is 2.59. The number of hydrogen-bond acceptors (Lipinski definition) is 2. The lowest BCUT2D eigenvalue weighted by atomic mass is 9.85. The van der Waals surface area contributed by atoms with Crippen LogP contribution in [0.2, 0.25) is 0 Å².